The van der Waals surface area contributed by atoms with E-state index in [9.17, 15) is 4.79 Å². The summed E-state index contributed by atoms with van der Waals surface area (Å²) in [7, 11) is 0. The SMILES string of the molecule is CCc1cc(OCCOCCn2cnc3ccccc3c2=O)ccc1Cl. The van der Waals surface area contributed by atoms with Crippen LogP contribution in [-0.4, -0.2) is 29.4 Å². The number of halogens is 1. The zero-order valence-electron chi connectivity index (χ0n) is 14.7. The Morgan fingerprint density at radius 1 is 1.12 bits per heavy atom. The van der Waals surface area contributed by atoms with Gasteiger partial charge in [0, 0.05) is 5.02 Å². The van der Waals surface area contributed by atoms with Crippen LogP contribution in [0.3, 0.4) is 0 Å². The van der Waals surface area contributed by atoms with Crippen molar-refractivity contribution in [3.63, 3.8) is 0 Å². The maximum atomic E-state index is 12.4. The minimum absolute atomic E-state index is 0.0521. The molecule has 136 valence electrons. The molecule has 0 bridgehead atoms. The molecule has 0 amide bonds. The van der Waals surface area contributed by atoms with Gasteiger partial charge in [0.2, 0.25) is 0 Å². The van der Waals surface area contributed by atoms with Crippen LogP contribution in [0.5, 0.6) is 5.75 Å². The van der Waals surface area contributed by atoms with Crippen LogP contribution in [0.2, 0.25) is 5.02 Å². The quantitative estimate of drug-likeness (QED) is 0.566. The van der Waals surface area contributed by atoms with Crippen LogP contribution < -0.4 is 10.3 Å². The molecule has 3 aromatic rings. The summed E-state index contributed by atoms with van der Waals surface area (Å²) in [5.74, 6) is 0.782. The van der Waals surface area contributed by atoms with Crippen LogP contribution in [-0.2, 0) is 17.7 Å². The zero-order chi connectivity index (χ0) is 18.4. The predicted octanol–water partition coefficient (Wildman–Crippen LogP) is 3.71. The lowest BCUT2D eigenvalue weighted by atomic mass is 10.1. The molecular weight excluding hydrogens is 352 g/mol. The molecule has 0 aliphatic rings. The van der Waals surface area contributed by atoms with Crippen molar-refractivity contribution in [1.82, 2.24) is 9.55 Å². The van der Waals surface area contributed by atoms with Crippen molar-refractivity contribution >= 4 is 22.5 Å². The highest BCUT2D eigenvalue weighted by Gasteiger charge is 2.04. The third-order valence-corrected chi connectivity index (χ3v) is 4.47. The number of nitrogens with zero attached hydrogens (tertiary/aromatic N) is 2. The number of para-hydroxylation sites is 1. The third-order valence-electron chi connectivity index (χ3n) is 4.10. The summed E-state index contributed by atoms with van der Waals surface area (Å²) in [6, 6.07) is 13.0. The average molecular weight is 373 g/mol. The molecule has 0 spiro atoms. The van der Waals surface area contributed by atoms with Crippen molar-refractivity contribution in [3.05, 3.63) is 69.7 Å². The Balaban J connectivity index is 1.45. The van der Waals surface area contributed by atoms with E-state index < -0.39 is 0 Å². The van der Waals surface area contributed by atoms with E-state index in [4.69, 9.17) is 21.1 Å². The van der Waals surface area contributed by atoms with Crippen LogP contribution >= 0.6 is 11.6 Å². The molecule has 0 atom stereocenters. The Bertz CT molecular complexity index is 940. The predicted molar refractivity (Wildman–Crippen MR) is 103 cm³/mol. The fourth-order valence-electron chi connectivity index (χ4n) is 2.66. The molecular formula is C20H21ClN2O3. The van der Waals surface area contributed by atoms with E-state index in [2.05, 4.69) is 11.9 Å². The first kappa shape index (κ1) is 18.4. The summed E-state index contributed by atoms with van der Waals surface area (Å²) in [5, 5.41) is 1.37. The van der Waals surface area contributed by atoms with E-state index in [0.29, 0.717) is 37.3 Å². The lowest BCUT2D eigenvalue weighted by Gasteiger charge is -2.10. The summed E-state index contributed by atoms with van der Waals surface area (Å²) in [6.45, 7) is 3.81. The minimum Gasteiger partial charge on any atom is -0.491 e. The normalized spacial score (nSPS) is 11.0. The molecule has 0 radical (unpaired) electrons. The third kappa shape index (κ3) is 4.42. The van der Waals surface area contributed by atoms with E-state index in [0.717, 1.165) is 22.8 Å². The molecule has 1 heterocycles. The molecule has 0 saturated carbocycles. The van der Waals surface area contributed by atoms with Crippen molar-refractivity contribution in [3.8, 4) is 5.75 Å². The summed E-state index contributed by atoms with van der Waals surface area (Å²) in [5.41, 5.74) is 1.72. The number of rotatable bonds is 8. The number of ether oxygens (including phenoxy) is 2. The molecule has 26 heavy (non-hydrogen) atoms. The summed E-state index contributed by atoms with van der Waals surface area (Å²) >= 11 is 6.09. The largest absolute Gasteiger partial charge is 0.491 e. The molecule has 0 unspecified atom stereocenters. The highest BCUT2D eigenvalue weighted by Crippen LogP contribution is 2.22. The first-order valence-corrected chi connectivity index (χ1v) is 9.00. The van der Waals surface area contributed by atoms with Gasteiger partial charge in [0.25, 0.3) is 5.56 Å². The van der Waals surface area contributed by atoms with Crippen LogP contribution in [0.15, 0.2) is 53.6 Å². The Labute approximate surface area is 157 Å². The molecule has 3 rings (SSSR count). The van der Waals surface area contributed by atoms with Gasteiger partial charge in [-0.1, -0.05) is 30.7 Å². The number of benzene rings is 2. The Hall–Kier alpha value is -2.37. The number of hydrogen-bond donors (Lipinski definition) is 0. The second-order valence-corrected chi connectivity index (χ2v) is 6.24. The fraction of sp³-hybridized carbons (Fsp3) is 0.300. The van der Waals surface area contributed by atoms with Gasteiger partial charge in [-0.05, 0) is 42.3 Å². The van der Waals surface area contributed by atoms with Crippen LogP contribution in [0, 0.1) is 0 Å². The summed E-state index contributed by atoms with van der Waals surface area (Å²) in [4.78, 5) is 16.6. The molecule has 5 nitrogen and oxygen atoms in total. The maximum Gasteiger partial charge on any atom is 0.261 e. The summed E-state index contributed by atoms with van der Waals surface area (Å²) in [6.07, 6.45) is 2.42. The lowest BCUT2D eigenvalue weighted by Crippen LogP contribution is -2.23. The second-order valence-electron chi connectivity index (χ2n) is 5.83. The minimum atomic E-state index is -0.0521. The van der Waals surface area contributed by atoms with E-state index >= 15 is 0 Å². The van der Waals surface area contributed by atoms with Gasteiger partial charge in [-0.15, -0.1) is 0 Å². The topological polar surface area (TPSA) is 53.4 Å². The highest BCUT2D eigenvalue weighted by atomic mass is 35.5. The number of hydrogen-bond acceptors (Lipinski definition) is 4. The molecule has 0 fully saturated rings. The van der Waals surface area contributed by atoms with E-state index in [1.807, 2.05) is 36.4 Å². The first-order chi connectivity index (χ1) is 12.7. The van der Waals surface area contributed by atoms with Gasteiger partial charge in [0.1, 0.15) is 12.4 Å². The smallest absolute Gasteiger partial charge is 0.261 e. The van der Waals surface area contributed by atoms with Crippen LogP contribution in [0.1, 0.15) is 12.5 Å². The number of aryl methyl sites for hydroxylation is 1. The van der Waals surface area contributed by atoms with Gasteiger partial charge >= 0.3 is 0 Å². The molecule has 1 aromatic heterocycles. The molecule has 0 aliphatic carbocycles. The fourth-order valence-corrected chi connectivity index (χ4v) is 2.91. The molecule has 6 heteroatoms. The van der Waals surface area contributed by atoms with Gasteiger partial charge in [-0.25, -0.2) is 4.98 Å². The van der Waals surface area contributed by atoms with Crippen LogP contribution in [0.25, 0.3) is 10.9 Å². The molecule has 0 aliphatic heterocycles. The van der Waals surface area contributed by atoms with Crippen molar-refractivity contribution in [2.24, 2.45) is 0 Å². The van der Waals surface area contributed by atoms with Gasteiger partial charge in [0.05, 0.1) is 37.0 Å². The average Bonchev–Trinajstić information content (AvgIpc) is 2.67. The maximum absolute atomic E-state index is 12.4. The van der Waals surface area contributed by atoms with E-state index in [1.54, 1.807) is 17.0 Å². The number of fused-ring (bicyclic) bond motifs is 1. The zero-order valence-corrected chi connectivity index (χ0v) is 15.4. The van der Waals surface area contributed by atoms with Gasteiger partial charge in [-0.2, -0.15) is 0 Å². The van der Waals surface area contributed by atoms with Crippen LogP contribution in [0.4, 0.5) is 0 Å². The lowest BCUT2D eigenvalue weighted by molar-refractivity contribution is 0.0938. The first-order valence-electron chi connectivity index (χ1n) is 8.62. The molecule has 2 aromatic carbocycles. The van der Waals surface area contributed by atoms with Gasteiger partial charge < -0.3 is 9.47 Å². The van der Waals surface area contributed by atoms with Crippen molar-refractivity contribution < 1.29 is 9.47 Å². The van der Waals surface area contributed by atoms with Gasteiger partial charge in [0.15, 0.2) is 0 Å². The van der Waals surface area contributed by atoms with Crippen molar-refractivity contribution in [1.29, 1.82) is 0 Å². The number of aromatic nitrogens is 2. The second kappa shape index (κ2) is 8.83. The molecule has 0 saturated heterocycles. The van der Waals surface area contributed by atoms with Gasteiger partial charge in [-0.3, -0.25) is 9.36 Å². The van der Waals surface area contributed by atoms with E-state index in [1.165, 1.54) is 0 Å². The standard InChI is InChI=1S/C20H21ClN2O3/c1-2-15-13-16(7-8-18(15)21)26-12-11-25-10-9-23-14-22-19-6-4-3-5-17(19)20(23)24/h3-8,13-14H,2,9-12H2,1H3. The Morgan fingerprint density at radius 3 is 2.81 bits per heavy atom. The Morgan fingerprint density at radius 2 is 1.96 bits per heavy atom. The Kier molecular flexibility index (Phi) is 6.26. The monoisotopic (exact) mass is 372 g/mol. The molecule has 0 N–H and O–H groups in total. The summed E-state index contributed by atoms with van der Waals surface area (Å²) < 4.78 is 12.8. The van der Waals surface area contributed by atoms with E-state index in [-0.39, 0.29) is 5.56 Å². The van der Waals surface area contributed by atoms with Crippen molar-refractivity contribution in [2.75, 3.05) is 19.8 Å². The highest BCUT2D eigenvalue weighted by molar-refractivity contribution is 6.31. The van der Waals surface area contributed by atoms with Crippen molar-refractivity contribution in [2.45, 2.75) is 19.9 Å².